The van der Waals surface area contributed by atoms with Gasteiger partial charge in [-0.05, 0) is 31.0 Å². The number of rotatable bonds is 2. The molecule has 2 N–H and O–H groups in total. The number of hydrogen-bond acceptors (Lipinski definition) is 3. The van der Waals surface area contributed by atoms with E-state index in [1.54, 1.807) is 23.1 Å². The Kier molecular flexibility index (Phi) is 2.90. The summed E-state index contributed by atoms with van der Waals surface area (Å²) in [6.07, 6.45) is 3.26. The number of carbonyl (C=O) groups excluding carboxylic acids is 2. The minimum atomic E-state index is 0.118. The normalized spacial score (nSPS) is 16.2. The highest BCUT2D eigenvalue weighted by atomic mass is 16.2. The van der Waals surface area contributed by atoms with Gasteiger partial charge in [-0.25, -0.2) is 0 Å². The molecular formula is C12H14N2O2. The van der Waals surface area contributed by atoms with Crippen molar-refractivity contribution in [2.24, 2.45) is 0 Å². The molecule has 0 aliphatic carbocycles. The van der Waals surface area contributed by atoms with Crippen molar-refractivity contribution in [2.45, 2.75) is 19.3 Å². The molecule has 0 radical (unpaired) electrons. The summed E-state index contributed by atoms with van der Waals surface area (Å²) in [5, 5.41) is 0. The number of amides is 1. The zero-order chi connectivity index (χ0) is 11.5. The van der Waals surface area contributed by atoms with E-state index in [9.17, 15) is 9.59 Å². The zero-order valence-electron chi connectivity index (χ0n) is 8.98. The van der Waals surface area contributed by atoms with Crippen molar-refractivity contribution in [3.8, 4) is 0 Å². The summed E-state index contributed by atoms with van der Waals surface area (Å²) in [5.41, 5.74) is 7.28. The third kappa shape index (κ3) is 1.91. The van der Waals surface area contributed by atoms with Crippen LogP contribution in [0.15, 0.2) is 18.2 Å². The lowest BCUT2D eigenvalue weighted by Crippen LogP contribution is -2.35. The Morgan fingerprint density at radius 1 is 1.31 bits per heavy atom. The summed E-state index contributed by atoms with van der Waals surface area (Å²) >= 11 is 0. The fourth-order valence-corrected chi connectivity index (χ4v) is 1.91. The summed E-state index contributed by atoms with van der Waals surface area (Å²) in [5.74, 6) is 0.118. The van der Waals surface area contributed by atoms with Crippen LogP contribution in [0.4, 0.5) is 11.4 Å². The second-order valence-electron chi connectivity index (χ2n) is 3.93. The largest absolute Gasteiger partial charge is 0.398 e. The van der Waals surface area contributed by atoms with Gasteiger partial charge in [-0.2, -0.15) is 0 Å². The van der Waals surface area contributed by atoms with E-state index in [0.29, 0.717) is 24.0 Å². The predicted molar refractivity (Wildman–Crippen MR) is 62.4 cm³/mol. The average Bonchev–Trinajstić information content (AvgIpc) is 2.31. The van der Waals surface area contributed by atoms with E-state index in [1.165, 1.54) is 0 Å². The number of anilines is 2. The molecule has 2 rings (SSSR count). The number of hydrogen-bond donors (Lipinski definition) is 1. The number of nitrogens with zero attached hydrogens (tertiary/aromatic N) is 1. The van der Waals surface area contributed by atoms with Crippen LogP contribution in [0, 0.1) is 0 Å². The number of piperidine rings is 1. The van der Waals surface area contributed by atoms with Crippen LogP contribution in [-0.2, 0) is 4.79 Å². The van der Waals surface area contributed by atoms with Crippen LogP contribution < -0.4 is 10.6 Å². The monoisotopic (exact) mass is 218 g/mol. The molecule has 1 aromatic carbocycles. The minimum absolute atomic E-state index is 0.118. The lowest BCUT2D eigenvalue weighted by atomic mass is 10.1. The highest BCUT2D eigenvalue weighted by Crippen LogP contribution is 2.23. The van der Waals surface area contributed by atoms with Crippen LogP contribution in [0.1, 0.15) is 29.6 Å². The van der Waals surface area contributed by atoms with Gasteiger partial charge in [-0.3, -0.25) is 9.59 Å². The van der Waals surface area contributed by atoms with Crippen molar-refractivity contribution in [3.63, 3.8) is 0 Å². The number of benzene rings is 1. The van der Waals surface area contributed by atoms with Gasteiger partial charge in [0.1, 0.15) is 0 Å². The van der Waals surface area contributed by atoms with E-state index in [2.05, 4.69) is 0 Å². The Bertz CT molecular complexity index is 429. The second-order valence-corrected chi connectivity index (χ2v) is 3.93. The van der Waals surface area contributed by atoms with Gasteiger partial charge >= 0.3 is 0 Å². The quantitative estimate of drug-likeness (QED) is 0.605. The molecule has 1 fully saturated rings. The highest BCUT2D eigenvalue weighted by Gasteiger charge is 2.19. The Morgan fingerprint density at radius 2 is 2.12 bits per heavy atom. The van der Waals surface area contributed by atoms with Crippen LogP contribution in [0.3, 0.4) is 0 Å². The standard InChI is InChI=1S/C12H14N2O2/c13-11-5-4-10(7-9(11)8-15)14-6-2-1-3-12(14)16/h4-5,7-8H,1-3,6,13H2. The molecule has 1 amide bonds. The zero-order valence-corrected chi connectivity index (χ0v) is 8.98. The summed E-state index contributed by atoms with van der Waals surface area (Å²) in [6, 6.07) is 5.12. The molecule has 0 unspecified atom stereocenters. The van der Waals surface area contributed by atoms with Gasteiger partial charge in [0.05, 0.1) is 0 Å². The van der Waals surface area contributed by atoms with E-state index in [-0.39, 0.29) is 5.91 Å². The minimum Gasteiger partial charge on any atom is -0.398 e. The Labute approximate surface area is 94.0 Å². The molecule has 1 aliphatic rings. The molecule has 4 heteroatoms. The van der Waals surface area contributed by atoms with Crippen molar-refractivity contribution in [1.82, 2.24) is 0 Å². The molecule has 1 heterocycles. The van der Waals surface area contributed by atoms with Gasteiger partial charge in [0.2, 0.25) is 5.91 Å². The van der Waals surface area contributed by atoms with Crippen LogP contribution in [0.5, 0.6) is 0 Å². The predicted octanol–water partition coefficient (Wildman–Crippen LogP) is 1.60. The summed E-state index contributed by atoms with van der Waals surface area (Å²) in [7, 11) is 0. The van der Waals surface area contributed by atoms with E-state index in [4.69, 9.17) is 5.73 Å². The van der Waals surface area contributed by atoms with Crippen LogP contribution >= 0.6 is 0 Å². The van der Waals surface area contributed by atoms with Gasteiger partial charge in [0, 0.05) is 29.9 Å². The molecular weight excluding hydrogens is 204 g/mol. The number of nitrogens with two attached hydrogens (primary N) is 1. The Balaban J connectivity index is 2.32. The first-order valence-electron chi connectivity index (χ1n) is 5.37. The van der Waals surface area contributed by atoms with Crippen LogP contribution in [0.25, 0.3) is 0 Å². The van der Waals surface area contributed by atoms with Gasteiger partial charge < -0.3 is 10.6 Å². The van der Waals surface area contributed by atoms with Gasteiger partial charge in [0.25, 0.3) is 0 Å². The van der Waals surface area contributed by atoms with E-state index < -0.39 is 0 Å². The lowest BCUT2D eigenvalue weighted by molar-refractivity contribution is -0.119. The summed E-state index contributed by atoms with van der Waals surface area (Å²) < 4.78 is 0. The average molecular weight is 218 g/mol. The topological polar surface area (TPSA) is 63.4 Å². The van der Waals surface area contributed by atoms with Crippen molar-refractivity contribution in [3.05, 3.63) is 23.8 Å². The van der Waals surface area contributed by atoms with Crippen molar-refractivity contribution < 1.29 is 9.59 Å². The molecule has 16 heavy (non-hydrogen) atoms. The van der Waals surface area contributed by atoms with E-state index in [0.717, 1.165) is 25.1 Å². The van der Waals surface area contributed by atoms with Crippen molar-refractivity contribution in [2.75, 3.05) is 17.2 Å². The maximum Gasteiger partial charge on any atom is 0.226 e. The van der Waals surface area contributed by atoms with Crippen molar-refractivity contribution in [1.29, 1.82) is 0 Å². The fourth-order valence-electron chi connectivity index (χ4n) is 1.91. The first kappa shape index (κ1) is 10.7. The van der Waals surface area contributed by atoms with E-state index in [1.807, 2.05) is 0 Å². The lowest BCUT2D eigenvalue weighted by Gasteiger charge is -2.27. The molecule has 0 saturated carbocycles. The molecule has 4 nitrogen and oxygen atoms in total. The number of aldehydes is 1. The number of nitrogen functional groups attached to an aromatic ring is 1. The molecule has 1 saturated heterocycles. The molecule has 84 valence electrons. The molecule has 1 aromatic rings. The maximum atomic E-state index is 11.7. The van der Waals surface area contributed by atoms with Gasteiger partial charge in [0.15, 0.2) is 6.29 Å². The smallest absolute Gasteiger partial charge is 0.226 e. The maximum absolute atomic E-state index is 11.7. The van der Waals surface area contributed by atoms with Crippen LogP contribution in [0.2, 0.25) is 0 Å². The van der Waals surface area contributed by atoms with E-state index >= 15 is 0 Å². The first-order valence-corrected chi connectivity index (χ1v) is 5.37. The first-order chi connectivity index (χ1) is 7.72. The highest BCUT2D eigenvalue weighted by molar-refractivity contribution is 5.96. The molecule has 0 spiro atoms. The fraction of sp³-hybridized carbons (Fsp3) is 0.333. The SMILES string of the molecule is Nc1ccc(N2CCCCC2=O)cc1C=O. The summed E-state index contributed by atoms with van der Waals surface area (Å²) in [4.78, 5) is 24.2. The van der Waals surface area contributed by atoms with Gasteiger partial charge in [-0.15, -0.1) is 0 Å². The molecule has 0 atom stereocenters. The molecule has 0 aromatic heterocycles. The second kappa shape index (κ2) is 4.35. The summed E-state index contributed by atoms with van der Waals surface area (Å²) in [6.45, 7) is 0.723. The Morgan fingerprint density at radius 3 is 2.81 bits per heavy atom. The van der Waals surface area contributed by atoms with Crippen molar-refractivity contribution >= 4 is 23.6 Å². The van der Waals surface area contributed by atoms with Gasteiger partial charge in [-0.1, -0.05) is 0 Å². The third-order valence-corrected chi connectivity index (χ3v) is 2.83. The Hall–Kier alpha value is -1.84. The number of carbonyl (C=O) groups is 2. The molecule has 1 aliphatic heterocycles. The van der Waals surface area contributed by atoms with Crippen LogP contribution in [-0.4, -0.2) is 18.7 Å². The molecule has 0 bridgehead atoms. The third-order valence-electron chi connectivity index (χ3n) is 2.83.